The Morgan fingerprint density at radius 3 is 1.71 bits per heavy atom. The summed E-state index contributed by atoms with van der Waals surface area (Å²) in [7, 11) is 0. The predicted octanol–water partition coefficient (Wildman–Crippen LogP) is 4.10. The molecule has 0 amide bonds. The summed E-state index contributed by atoms with van der Waals surface area (Å²) < 4.78 is 0. The summed E-state index contributed by atoms with van der Waals surface area (Å²) in [5.74, 6) is 0. The monoisotopic (exact) mass is 320 g/mol. The third-order valence-electron chi connectivity index (χ3n) is 5.72. The highest BCUT2D eigenvalue weighted by Gasteiger charge is 2.47. The van der Waals surface area contributed by atoms with Crippen molar-refractivity contribution in [1.29, 1.82) is 0 Å². The quantitative estimate of drug-likeness (QED) is 0.916. The van der Waals surface area contributed by atoms with Crippen LogP contribution in [0.5, 0.6) is 0 Å². The maximum absolute atomic E-state index is 3.68. The lowest BCUT2D eigenvalue weighted by Crippen LogP contribution is -2.61. The number of rotatable bonds is 3. The van der Waals surface area contributed by atoms with Gasteiger partial charge < -0.3 is 5.32 Å². The summed E-state index contributed by atoms with van der Waals surface area (Å²) in [6.45, 7) is 9.49. The normalized spacial score (nSPS) is 30.5. The molecule has 2 nitrogen and oxygen atoms in total. The molecular weight excluding hydrogens is 292 g/mol. The molecule has 2 aromatic rings. The van der Waals surface area contributed by atoms with Crippen LogP contribution in [0.4, 0.5) is 0 Å². The lowest BCUT2D eigenvalue weighted by Gasteiger charge is -2.55. The number of fused-ring (bicyclic) bond motifs is 2. The zero-order chi connectivity index (χ0) is 16.6. The molecule has 2 atom stereocenters. The van der Waals surface area contributed by atoms with E-state index < -0.39 is 0 Å². The molecule has 2 aromatic carbocycles. The van der Waals surface area contributed by atoms with E-state index in [4.69, 9.17) is 0 Å². The van der Waals surface area contributed by atoms with Crippen LogP contribution in [0, 0.1) is 10.8 Å². The van der Waals surface area contributed by atoms with E-state index in [-0.39, 0.29) is 0 Å². The maximum atomic E-state index is 3.68. The fourth-order valence-corrected chi connectivity index (χ4v) is 5.15. The third kappa shape index (κ3) is 3.01. The first-order chi connectivity index (χ1) is 11.6. The zero-order valence-electron chi connectivity index (χ0n) is 14.8. The van der Waals surface area contributed by atoms with Crippen molar-refractivity contribution in [1.82, 2.24) is 10.2 Å². The van der Waals surface area contributed by atoms with Crippen LogP contribution in [-0.2, 0) is 0 Å². The van der Waals surface area contributed by atoms with E-state index in [1.54, 1.807) is 0 Å². The largest absolute Gasteiger partial charge is 0.316 e. The van der Waals surface area contributed by atoms with Crippen LogP contribution >= 0.6 is 0 Å². The minimum atomic E-state index is 0.351. The van der Waals surface area contributed by atoms with Gasteiger partial charge in [-0.1, -0.05) is 74.5 Å². The minimum absolute atomic E-state index is 0.351. The smallest absolute Gasteiger partial charge is 0.0602 e. The summed E-state index contributed by atoms with van der Waals surface area (Å²) in [5.41, 5.74) is 3.55. The van der Waals surface area contributed by atoms with Crippen LogP contribution in [0.2, 0.25) is 0 Å². The Labute approximate surface area is 145 Å². The number of hydrogen-bond acceptors (Lipinski definition) is 2. The van der Waals surface area contributed by atoms with Gasteiger partial charge >= 0.3 is 0 Å². The third-order valence-corrected chi connectivity index (χ3v) is 5.72. The average Bonchev–Trinajstić information content (AvgIpc) is 2.55. The SMILES string of the molecule is C[C@@]12CNC[C@](C)(CN(C(c3ccccc3)c3ccccc3)C1)C2. The molecule has 1 N–H and O–H groups in total. The lowest BCUT2D eigenvalue weighted by atomic mass is 9.65. The van der Waals surface area contributed by atoms with Crippen molar-refractivity contribution in [3.8, 4) is 0 Å². The van der Waals surface area contributed by atoms with Crippen LogP contribution in [-0.4, -0.2) is 31.1 Å². The highest BCUT2D eigenvalue weighted by molar-refractivity contribution is 5.32. The Kier molecular flexibility index (Phi) is 3.98. The fraction of sp³-hybridized carbons (Fsp3) is 0.455. The van der Waals surface area contributed by atoms with Crippen molar-refractivity contribution < 1.29 is 0 Å². The Bertz CT molecular complexity index is 626. The number of nitrogens with one attached hydrogen (secondary N) is 1. The van der Waals surface area contributed by atoms with Crippen molar-refractivity contribution in [3.05, 3.63) is 71.8 Å². The summed E-state index contributed by atoms with van der Waals surface area (Å²) in [6, 6.07) is 22.4. The predicted molar refractivity (Wildman–Crippen MR) is 100 cm³/mol. The first kappa shape index (κ1) is 15.9. The summed E-state index contributed by atoms with van der Waals surface area (Å²) >= 11 is 0. The van der Waals surface area contributed by atoms with Gasteiger partial charge in [0.25, 0.3) is 0 Å². The molecule has 2 fully saturated rings. The molecule has 0 saturated carbocycles. The molecule has 2 heteroatoms. The lowest BCUT2D eigenvalue weighted by molar-refractivity contribution is -0.0332. The Hall–Kier alpha value is -1.64. The Balaban J connectivity index is 1.74. The Morgan fingerprint density at radius 2 is 1.25 bits per heavy atom. The van der Waals surface area contributed by atoms with E-state index in [0.29, 0.717) is 16.9 Å². The van der Waals surface area contributed by atoms with E-state index in [0.717, 1.165) is 26.2 Å². The summed E-state index contributed by atoms with van der Waals surface area (Å²) in [4.78, 5) is 2.73. The van der Waals surface area contributed by atoms with Gasteiger partial charge in [-0.05, 0) is 28.4 Å². The van der Waals surface area contributed by atoms with E-state index in [2.05, 4.69) is 84.7 Å². The van der Waals surface area contributed by atoms with Crippen molar-refractivity contribution in [2.24, 2.45) is 10.8 Å². The number of piperidine rings is 2. The second kappa shape index (κ2) is 6.02. The molecule has 2 aliphatic rings. The van der Waals surface area contributed by atoms with Crippen LogP contribution in [0.1, 0.15) is 37.4 Å². The van der Waals surface area contributed by atoms with Gasteiger partial charge in [-0.3, -0.25) is 4.90 Å². The highest BCUT2D eigenvalue weighted by Crippen LogP contribution is 2.46. The highest BCUT2D eigenvalue weighted by atomic mass is 15.2. The van der Waals surface area contributed by atoms with Gasteiger partial charge in [-0.25, -0.2) is 0 Å². The van der Waals surface area contributed by atoms with Crippen molar-refractivity contribution in [2.45, 2.75) is 26.3 Å². The molecule has 0 aromatic heterocycles. The van der Waals surface area contributed by atoms with Gasteiger partial charge in [0.1, 0.15) is 0 Å². The second-order valence-corrected chi connectivity index (χ2v) is 8.53. The molecule has 4 rings (SSSR count). The van der Waals surface area contributed by atoms with Gasteiger partial charge in [0.2, 0.25) is 0 Å². The number of hydrogen-bond donors (Lipinski definition) is 1. The molecule has 2 heterocycles. The molecule has 0 aliphatic carbocycles. The minimum Gasteiger partial charge on any atom is -0.316 e. The standard InChI is InChI=1S/C22H28N2/c1-21-13-22(2,15-23-14-21)17-24(16-21)20(18-9-5-3-6-10-18)19-11-7-4-8-12-19/h3-12,20,23H,13-17H2,1-2H3/t21-,22-/m1/s1. The van der Waals surface area contributed by atoms with E-state index in [1.807, 2.05) is 0 Å². The van der Waals surface area contributed by atoms with E-state index in [9.17, 15) is 0 Å². The molecule has 2 aliphatic heterocycles. The average molecular weight is 320 g/mol. The van der Waals surface area contributed by atoms with Crippen LogP contribution < -0.4 is 5.32 Å². The Morgan fingerprint density at radius 1 is 0.792 bits per heavy atom. The van der Waals surface area contributed by atoms with Gasteiger partial charge in [0, 0.05) is 26.2 Å². The van der Waals surface area contributed by atoms with Gasteiger partial charge in [-0.2, -0.15) is 0 Å². The zero-order valence-corrected chi connectivity index (χ0v) is 14.8. The molecule has 24 heavy (non-hydrogen) atoms. The molecule has 126 valence electrons. The van der Waals surface area contributed by atoms with Crippen molar-refractivity contribution in [3.63, 3.8) is 0 Å². The van der Waals surface area contributed by atoms with E-state index >= 15 is 0 Å². The molecule has 2 saturated heterocycles. The van der Waals surface area contributed by atoms with Crippen molar-refractivity contribution in [2.75, 3.05) is 26.2 Å². The topological polar surface area (TPSA) is 15.3 Å². The first-order valence-electron chi connectivity index (χ1n) is 9.12. The second-order valence-electron chi connectivity index (χ2n) is 8.53. The van der Waals surface area contributed by atoms with Gasteiger partial charge in [-0.15, -0.1) is 0 Å². The molecule has 0 unspecified atom stereocenters. The van der Waals surface area contributed by atoms with Gasteiger partial charge in [0.05, 0.1) is 6.04 Å². The summed E-state index contributed by atoms with van der Waals surface area (Å²) in [5, 5.41) is 3.68. The van der Waals surface area contributed by atoms with Gasteiger partial charge in [0.15, 0.2) is 0 Å². The molecule has 0 radical (unpaired) electrons. The number of nitrogens with zero attached hydrogens (tertiary/aromatic N) is 1. The van der Waals surface area contributed by atoms with Crippen LogP contribution in [0.25, 0.3) is 0 Å². The molecule has 0 spiro atoms. The number of likely N-dealkylation sites (tertiary alicyclic amines) is 1. The summed E-state index contributed by atoms with van der Waals surface area (Å²) in [6.07, 6.45) is 1.33. The fourth-order valence-electron chi connectivity index (χ4n) is 5.15. The molecule has 2 bridgehead atoms. The van der Waals surface area contributed by atoms with Crippen LogP contribution in [0.3, 0.4) is 0 Å². The molecular formula is C22H28N2. The first-order valence-corrected chi connectivity index (χ1v) is 9.12. The van der Waals surface area contributed by atoms with Crippen LogP contribution in [0.15, 0.2) is 60.7 Å². The van der Waals surface area contributed by atoms with Crippen molar-refractivity contribution >= 4 is 0 Å². The maximum Gasteiger partial charge on any atom is 0.0602 e. The van der Waals surface area contributed by atoms with E-state index in [1.165, 1.54) is 17.5 Å². The number of benzene rings is 2.